The van der Waals surface area contributed by atoms with Crippen molar-refractivity contribution in [3.8, 4) is 5.75 Å². The van der Waals surface area contributed by atoms with Gasteiger partial charge in [-0.05, 0) is 37.6 Å². The van der Waals surface area contributed by atoms with Crippen molar-refractivity contribution in [2.24, 2.45) is 0 Å². The van der Waals surface area contributed by atoms with Gasteiger partial charge in [0.2, 0.25) is 5.82 Å². The zero-order valence-electron chi connectivity index (χ0n) is 12.0. The maximum Gasteiger partial charge on any atom is 0.314 e. The summed E-state index contributed by atoms with van der Waals surface area (Å²) in [4.78, 5) is 14.7. The van der Waals surface area contributed by atoms with Gasteiger partial charge < -0.3 is 10.1 Å². The molecule has 0 atom stereocenters. The second-order valence-corrected chi connectivity index (χ2v) is 4.52. The number of hydrogen-bond acceptors (Lipinski definition) is 5. The Morgan fingerprint density at radius 3 is 2.90 bits per heavy atom. The summed E-state index contributed by atoms with van der Waals surface area (Å²) in [5.74, 6) is 1.06. The number of aryl methyl sites for hydroxylation is 1. The molecule has 2 aromatic rings. The van der Waals surface area contributed by atoms with E-state index in [0.717, 1.165) is 11.3 Å². The zero-order chi connectivity index (χ0) is 15.2. The molecule has 0 bridgehead atoms. The predicted molar refractivity (Wildman–Crippen MR) is 80.6 cm³/mol. The van der Waals surface area contributed by atoms with Crippen LogP contribution in [0.25, 0.3) is 0 Å². The van der Waals surface area contributed by atoms with Crippen molar-refractivity contribution in [1.82, 2.24) is 4.98 Å². The first-order valence-corrected chi connectivity index (χ1v) is 6.67. The number of ether oxygens (including phenoxy) is 1. The summed E-state index contributed by atoms with van der Waals surface area (Å²) in [7, 11) is 0. The number of benzene rings is 1. The summed E-state index contributed by atoms with van der Waals surface area (Å²) in [6.07, 6.45) is 1.56. The van der Waals surface area contributed by atoms with Gasteiger partial charge >= 0.3 is 5.69 Å². The second-order valence-electron chi connectivity index (χ2n) is 4.52. The van der Waals surface area contributed by atoms with Crippen LogP contribution in [0, 0.1) is 17.0 Å². The Bertz CT molecular complexity index is 644. The van der Waals surface area contributed by atoms with Crippen molar-refractivity contribution in [3.63, 3.8) is 0 Å². The summed E-state index contributed by atoms with van der Waals surface area (Å²) < 4.78 is 5.43. The second kappa shape index (κ2) is 6.69. The molecule has 6 heteroatoms. The minimum absolute atomic E-state index is 0.0125. The van der Waals surface area contributed by atoms with E-state index in [2.05, 4.69) is 10.3 Å². The summed E-state index contributed by atoms with van der Waals surface area (Å²) in [6, 6.07) is 9.22. The van der Waals surface area contributed by atoms with Gasteiger partial charge in [0.15, 0.2) is 0 Å². The molecule has 1 heterocycles. The van der Waals surface area contributed by atoms with Crippen LogP contribution in [0.3, 0.4) is 0 Å². The van der Waals surface area contributed by atoms with Crippen LogP contribution >= 0.6 is 0 Å². The first-order valence-electron chi connectivity index (χ1n) is 6.67. The molecule has 0 spiro atoms. The Morgan fingerprint density at radius 1 is 1.38 bits per heavy atom. The normalized spacial score (nSPS) is 10.2. The van der Waals surface area contributed by atoms with E-state index in [1.165, 1.54) is 0 Å². The van der Waals surface area contributed by atoms with Crippen LogP contribution in [0.4, 0.5) is 11.5 Å². The molecule has 6 nitrogen and oxygen atoms in total. The lowest BCUT2D eigenvalue weighted by Crippen LogP contribution is -2.06. The highest BCUT2D eigenvalue weighted by Gasteiger charge is 2.17. The van der Waals surface area contributed by atoms with Crippen molar-refractivity contribution < 1.29 is 9.66 Å². The Morgan fingerprint density at radius 2 is 2.19 bits per heavy atom. The number of nitrogens with one attached hydrogen (secondary N) is 1. The van der Waals surface area contributed by atoms with E-state index in [9.17, 15) is 10.1 Å². The fourth-order valence-electron chi connectivity index (χ4n) is 2.01. The molecule has 0 aliphatic carbocycles. The number of hydrogen-bond donors (Lipinski definition) is 1. The number of nitro groups is 1. The lowest BCUT2D eigenvalue weighted by atomic mass is 10.2. The maximum absolute atomic E-state index is 11.1. The minimum Gasteiger partial charge on any atom is -0.494 e. The summed E-state index contributed by atoms with van der Waals surface area (Å²) in [6.45, 7) is 4.66. The number of pyridine rings is 1. The van der Waals surface area contributed by atoms with Crippen LogP contribution in [0.1, 0.15) is 18.1 Å². The molecule has 0 radical (unpaired) electrons. The van der Waals surface area contributed by atoms with E-state index in [0.29, 0.717) is 18.7 Å². The van der Waals surface area contributed by atoms with Crippen molar-refractivity contribution in [3.05, 3.63) is 57.8 Å². The molecule has 0 aliphatic heterocycles. The molecule has 1 aromatic heterocycles. The van der Waals surface area contributed by atoms with Gasteiger partial charge in [0, 0.05) is 18.3 Å². The fourth-order valence-corrected chi connectivity index (χ4v) is 2.01. The molecule has 0 saturated heterocycles. The first kappa shape index (κ1) is 14.8. The van der Waals surface area contributed by atoms with Gasteiger partial charge in [0.1, 0.15) is 5.75 Å². The Balaban J connectivity index is 2.15. The van der Waals surface area contributed by atoms with E-state index in [-0.39, 0.29) is 11.5 Å². The van der Waals surface area contributed by atoms with Gasteiger partial charge in [-0.25, -0.2) is 4.98 Å². The monoisotopic (exact) mass is 287 g/mol. The number of nitrogens with zero attached hydrogens (tertiary/aromatic N) is 2. The first-order chi connectivity index (χ1) is 10.1. The fraction of sp³-hybridized carbons (Fsp3) is 0.267. The standard InChI is InChI=1S/C15H17N3O3/c1-3-21-13-6-4-5-12(9-13)10-17-15-14(18(19)20)11(2)7-8-16-15/h4-9H,3,10H2,1-2H3,(H,16,17). The van der Waals surface area contributed by atoms with Gasteiger partial charge in [-0.15, -0.1) is 0 Å². The van der Waals surface area contributed by atoms with E-state index in [1.54, 1.807) is 19.2 Å². The molecule has 0 unspecified atom stereocenters. The molecule has 0 fully saturated rings. The van der Waals surface area contributed by atoms with Crippen molar-refractivity contribution in [2.45, 2.75) is 20.4 Å². The molecule has 1 N–H and O–H groups in total. The average molecular weight is 287 g/mol. The lowest BCUT2D eigenvalue weighted by molar-refractivity contribution is -0.384. The lowest BCUT2D eigenvalue weighted by Gasteiger charge is -2.09. The predicted octanol–water partition coefficient (Wildman–Crippen LogP) is 3.31. The van der Waals surface area contributed by atoms with Gasteiger partial charge in [-0.2, -0.15) is 0 Å². The highest BCUT2D eigenvalue weighted by molar-refractivity contribution is 5.59. The number of rotatable bonds is 6. The molecule has 2 rings (SSSR count). The van der Waals surface area contributed by atoms with Crippen LogP contribution in [0.5, 0.6) is 5.75 Å². The third-order valence-corrected chi connectivity index (χ3v) is 2.98. The molecule has 0 amide bonds. The van der Waals surface area contributed by atoms with Crippen molar-refractivity contribution >= 4 is 11.5 Å². The summed E-state index contributed by atoms with van der Waals surface area (Å²) in [5, 5.41) is 14.1. The van der Waals surface area contributed by atoms with E-state index >= 15 is 0 Å². The molecule has 21 heavy (non-hydrogen) atoms. The molecular weight excluding hydrogens is 270 g/mol. The van der Waals surface area contributed by atoms with Crippen molar-refractivity contribution in [1.29, 1.82) is 0 Å². The van der Waals surface area contributed by atoms with Gasteiger partial charge in [-0.1, -0.05) is 12.1 Å². The highest BCUT2D eigenvalue weighted by atomic mass is 16.6. The molecule has 0 saturated carbocycles. The van der Waals surface area contributed by atoms with E-state index in [1.807, 2.05) is 31.2 Å². The quantitative estimate of drug-likeness (QED) is 0.651. The number of aromatic nitrogens is 1. The average Bonchev–Trinajstić information content (AvgIpc) is 2.45. The van der Waals surface area contributed by atoms with Crippen LogP contribution in [0.2, 0.25) is 0 Å². The van der Waals surface area contributed by atoms with Gasteiger partial charge in [0.25, 0.3) is 0 Å². The zero-order valence-corrected chi connectivity index (χ0v) is 12.0. The Hall–Kier alpha value is -2.63. The Kier molecular flexibility index (Phi) is 4.71. The minimum atomic E-state index is -0.415. The van der Waals surface area contributed by atoms with Crippen LogP contribution in [-0.2, 0) is 6.54 Å². The SMILES string of the molecule is CCOc1cccc(CNc2nccc(C)c2[N+](=O)[O-])c1. The smallest absolute Gasteiger partial charge is 0.314 e. The van der Waals surface area contributed by atoms with E-state index < -0.39 is 4.92 Å². The third-order valence-electron chi connectivity index (χ3n) is 2.98. The molecule has 0 aliphatic rings. The van der Waals surface area contributed by atoms with Gasteiger partial charge in [-0.3, -0.25) is 10.1 Å². The molecule has 1 aromatic carbocycles. The van der Waals surface area contributed by atoms with Crippen LogP contribution in [0.15, 0.2) is 36.5 Å². The molecule has 110 valence electrons. The van der Waals surface area contributed by atoms with Crippen LogP contribution < -0.4 is 10.1 Å². The van der Waals surface area contributed by atoms with Crippen molar-refractivity contribution in [2.75, 3.05) is 11.9 Å². The summed E-state index contributed by atoms with van der Waals surface area (Å²) >= 11 is 0. The molecular formula is C15H17N3O3. The largest absolute Gasteiger partial charge is 0.494 e. The van der Waals surface area contributed by atoms with Gasteiger partial charge in [0.05, 0.1) is 11.5 Å². The van der Waals surface area contributed by atoms with Crippen LogP contribution in [-0.4, -0.2) is 16.5 Å². The number of anilines is 1. The topological polar surface area (TPSA) is 77.3 Å². The Labute approximate surface area is 122 Å². The third kappa shape index (κ3) is 3.68. The summed E-state index contributed by atoms with van der Waals surface area (Å²) in [5.41, 5.74) is 1.57. The maximum atomic E-state index is 11.1. The highest BCUT2D eigenvalue weighted by Crippen LogP contribution is 2.26. The van der Waals surface area contributed by atoms with E-state index in [4.69, 9.17) is 4.74 Å².